The number of hydrogen-bond acceptors (Lipinski definition) is 4. The third kappa shape index (κ3) is 6.87. The van der Waals surface area contributed by atoms with Gasteiger partial charge in [-0.15, -0.1) is 13.2 Å². The molecule has 0 unspecified atom stereocenters. The van der Waals surface area contributed by atoms with Crippen LogP contribution in [0, 0.1) is 0 Å². The van der Waals surface area contributed by atoms with Gasteiger partial charge in [0, 0.05) is 30.1 Å². The summed E-state index contributed by atoms with van der Waals surface area (Å²) in [5, 5.41) is 2.58. The first-order valence-electron chi connectivity index (χ1n) is 8.54. The lowest BCUT2D eigenvalue weighted by molar-refractivity contribution is -0.274. The van der Waals surface area contributed by atoms with Crippen molar-refractivity contribution in [3.05, 3.63) is 60.2 Å². The van der Waals surface area contributed by atoms with E-state index in [1.165, 1.54) is 29.2 Å². The molecule has 0 atom stereocenters. The van der Waals surface area contributed by atoms with Crippen LogP contribution in [-0.4, -0.2) is 32.0 Å². The van der Waals surface area contributed by atoms with Crippen molar-refractivity contribution in [2.45, 2.75) is 13.3 Å². The second-order valence-electron chi connectivity index (χ2n) is 5.71. The number of alkyl halides is 3. The Bertz CT molecular complexity index is 880. The van der Waals surface area contributed by atoms with Crippen LogP contribution in [0.4, 0.5) is 29.3 Å². The van der Waals surface area contributed by atoms with Crippen LogP contribution in [0.1, 0.15) is 12.5 Å². The fourth-order valence-electron chi connectivity index (χ4n) is 2.28. The van der Waals surface area contributed by atoms with Crippen molar-refractivity contribution in [1.82, 2.24) is 0 Å². The average molecular weight is 408 g/mol. The first kappa shape index (κ1) is 21.8. The van der Waals surface area contributed by atoms with Crippen LogP contribution >= 0.6 is 0 Å². The van der Waals surface area contributed by atoms with Crippen molar-refractivity contribution in [2.75, 3.05) is 23.9 Å². The fourth-order valence-corrected chi connectivity index (χ4v) is 2.28. The monoisotopic (exact) mass is 408 g/mol. The highest BCUT2D eigenvalue weighted by Gasteiger charge is 2.31. The lowest BCUT2D eigenvalue weighted by atomic mass is 10.2. The van der Waals surface area contributed by atoms with E-state index in [4.69, 9.17) is 4.74 Å². The van der Waals surface area contributed by atoms with Gasteiger partial charge >= 0.3 is 12.5 Å². The molecule has 0 aliphatic carbocycles. The van der Waals surface area contributed by atoms with Gasteiger partial charge in [-0.2, -0.15) is 0 Å². The zero-order valence-electron chi connectivity index (χ0n) is 15.7. The maximum atomic E-state index is 12.4. The lowest BCUT2D eigenvalue weighted by Crippen LogP contribution is -2.26. The van der Waals surface area contributed by atoms with Crippen molar-refractivity contribution >= 4 is 29.5 Å². The molecular weight excluding hydrogens is 389 g/mol. The smallest absolute Gasteiger partial charge is 0.449 e. The SMILES string of the molecule is CCOC(=O)N(C)c1ccc(NC(=O)/C=C/c2ccccc2OC(F)(F)F)cc1. The van der Waals surface area contributed by atoms with Crippen LogP contribution in [0.25, 0.3) is 6.08 Å². The van der Waals surface area contributed by atoms with Crippen molar-refractivity contribution in [3.63, 3.8) is 0 Å². The summed E-state index contributed by atoms with van der Waals surface area (Å²) in [7, 11) is 1.55. The van der Waals surface area contributed by atoms with E-state index in [2.05, 4.69) is 10.1 Å². The highest BCUT2D eigenvalue weighted by molar-refractivity contribution is 6.02. The van der Waals surface area contributed by atoms with Crippen LogP contribution in [0.2, 0.25) is 0 Å². The molecule has 0 heterocycles. The first-order valence-corrected chi connectivity index (χ1v) is 8.54. The minimum Gasteiger partial charge on any atom is -0.449 e. The standard InChI is InChI=1S/C20H19F3N2O4/c1-3-28-19(27)25(2)16-11-9-15(10-12-16)24-18(26)13-8-14-6-4-5-7-17(14)29-20(21,22)23/h4-13H,3H2,1-2H3,(H,24,26)/b13-8+. The summed E-state index contributed by atoms with van der Waals surface area (Å²) >= 11 is 0. The maximum absolute atomic E-state index is 12.4. The average Bonchev–Trinajstić information content (AvgIpc) is 2.66. The van der Waals surface area contributed by atoms with Gasteiger partial charge in [-0.1, -0.05) is 18.2 Å². The zero-order chi connectivity index (χ0) is 21.4. The molecule has 1 N–H and O–H groups in total. The van der Waals surface area contributed by atoms with E-state index < -0.39 is 24.1 Å². The Morgan fingerprint density at radius 3 is 2.38 bits per heavy atom. The summed E-state index contributed by atoms with van der Waals surface area (Å²) in [6.45, 7) is 1.95. The topological polar surface area (TPSA) is 67.9 Å². The molecule has 0 radical (unpaired) electrons. The number of carbonyl (C=O) groups excluding carboxylic acids is 2. The molecule has 0 spiro atoms. The Kier molecular flexibility index (Phi) is 7.24. The molecule has 29 heavy (non-hydrogen) atoms. The molecule has 2 amide bonds. The van der Waals surface area contributed by atoms with E-state index in [9.17, 15) is 22.8 Å². The number of anilines is 2. The number of benzene rings is 2. The molecule has 154 valence electrons. The molecular formula is C20H19F3N2O4. The minimum absolute atomic E-state index is 0.103. The van der Waals surface area contributed by atoms with Crippen LogP contribution < -0.4 is 15.0 Å². The highest BCUT2D eigenvalue weighted by atomic mass is 19.4. The number of nitrogens with one attached hydrogen (secondary N) is 1. The van der Waals surface area contributed by atoms with Crippen LogP contribution in [0.15, 0.2) is 54.6 Å². The predicted molar refractivity (Wildman–Crippen MR) is 103 cm³/mol. The Hall–Kier alpha value is -3.49. The van der Waals surface area contributed by atoms with Crippen LogP contribution in [-0.2, 0) is 9.53 Å². The molecule has 0 aliphatic heterocycles. The Morgan fingerprint density at radius 2 is 1.76 bits per heavy atom. The summed E-state index contributed by atoms with van der Waals surface area (Å²) in [6.07, 6.45) is -3.02. The first-order chi connectivity index (χ1) is 13.7. The molecule has 2 rings (SSSR count). The number of halogens is 3. The van der Waals surface area contributed by atoms with Gasteiger partial charge in [-0.25, -0.2) is 4.79 Å². The maximum Gasteiger partial charge on any atom is 0.573 e. The Labute approximate surface area is 165 Å². The molecule has 0 saturated heterocycles. The van der Waals surface area contributed by atoms with Gasteiger partial charge < -0.3 is 14.8 Å². The zero-order valence-corrected chi connectivity index (χ0v) is 15.7. The van der Waals surface area contributed by atoms with E-state index in [1.54, 1.807) is 38.2 Å². The number of ether oxygens (including phenoxy) is 2. The van der Waals surface area contributed by atoms with E-state index in [0.717, 1.165) is 12.1 Å². The third-order valence-electron chi connectivity index (χ3n) is 3.62. The molecule has 0 saturated carbocycles. The number of carbonyl (C=O) groups is 2. The minimum atomic E-state index is -4.83. The van der Waals surface area contributed by atoms with Crippen LogP contribution in [0.5, 0.6) is 5.75 Å². The summed E-state index contributed by atoms with van der Waals surface area (Å²) < 4.78 is 46.1. The van der Waals surface area contributed by atoms with E-state index >= 15 is 0 Å². The van der Waals surface area contributed by atoms with Crippen molar-refractivity contribution in [3.8, 4) is 5.75 Å². The molecule has 0 aliphatic rings. The fraction of sp³-hybridized carbons (Fsp3) is 0.200. The van der Waals surface area contributed by atoms with Gasteiger partial charge in [0.15, 0.2) is 0 Å². The van der Waals surface area contributed by atoms with Gasteiger partial charge in [-0.3, -0.25) is 9.69 Å². The molecule has 2 aromatic carbocycles. The summed E-state index contributed by atoms with van der Waals surface area (Å²) in [5.74, 6) is -0.950. The molecule has 9 heteroatoms. The number of amides is 2. The summed E-state index contributed by atoms with van der Waals surface area (Å²) in [6, 6.07) is 11.9. The third-order valence-corrected chi connectivity index (χ3v) is 3.62. The van der Waals surface area contributed by atoms with Crippen molar-refractivity contribution < 1.29 is 32.2 Å². The van der Waals surface area contributed by atoms with Crippen molar-refractivity contribution in [2.24, 2.45) is 0 Å². The molecule has 2 aromatic rings. The largest absolute Gasteiger partial charge is 0.573 e. The summed E-state index contributed by atoms with van der Waals surface area (Å²) in [5.41, 5.74) is 1.11. The quantitative estimate of drug-likeness (QED) is 0.696. The highest BCUT2D eigenvalue weighted by Crippen LogP contribution is 2.27. The van der Waals surface area contributed by atoms with Crippen molar-refractivity contribution in [1.29, 1.82) is 0 Å². The van der Waals surface area contributed by atoms with Gasteiger partial charge in [0.2, 0.25) is 5.91 Å². The van der Waals surface area contributed by atoms with Gasteiger partial charge in [0.05, 0.1) is 6.61 Å². The number of nitrogens with zero attached hydrogens (tertiary/aromatic N) is 1. The number of para-hydroxylation sites is 1. The normalized spacial score (nSPS) is 11.2. The second kappa shape index (κ2) is 9.63. The molecule has 6 nitrogen and oxygen atoms in total. The Morgan fingerprint density at radius 1 is 1.10 bits per heavy atom. The predicted octanol–water partition coefficient (Wildman–Crippen LogP) is 4.83. The summed E-state index contributed by atoms with van der Waals surface area (Å²) in [4.78, 5) is 25.0. The molecule has 0 fully saturated rings. The molecule has 0 aromatic heterocycles. The van der Waals surface area contributed by atoms with Gasteiger partial charge in [0.1, 0.15) is 5.75 Å². The Balaban J connectivity index is 2.02. The van der Waals surface area contributed by atoms with Gasteiger partial charge in [0.25, 0.3) is 0 Å². The van der Waals surface area contributed by atoms with Gasteiger partial charge in [-0.05, 0) is 43.3 Å². The second-order valence-corrected chi connectivity index (χ2v) is 5.71. The number of rotatable bonds is 6. The number of hydrogen-bond donors (Lipinski definition) is 1. The molecule has 0 bridgehead atoms. The van der Waals surface area contributed by atoms with E-state index in [0.29, 0.717) is 11.4 Å². The van der Waals surface area contributed by atoms with E-state index in [1.807, 2.05) is 0 Å². The van der Waals surface area contributed by atoms with Crippen LogP contribution in [0.3, 0.4) is 0 Å². The van der Waals surface area contributed by atoms with E-state index in [-0.39, 0.29) is 12.2 Å². The lowest BCUT2D eigenvalue weighted by Gasteiger charge is -2.16.